The minimum absolute atomic E-state index is 0.102. The molecule has 22 heavy (non-hydrogen) atoms. The molecule has 0 atom stereocenters. The number of aromatic amines is 1. The molecule has 0 bridgehead atoms. The van der Waals surface area contributed by atoms with Crippen molar-refractivity contribution in [3.8, 4) is 0 Å². The Balaban J connectivity index is 1.93. The van der Waals surface area contributed by atoms with Gasteiger partial charge in [-0.25, -0.2) is 4.68 Å². The van der Waals surface area contributed by atoms with Gasteiger partial charge in [-0.3, -0.25) is 4.79 Å². The van der Waals surface area contributed by atoms with Crippen LogP contribution < -0.4 is 5.56 Å². The van der Waals surface area contributed by atoms with Gasteiger partial charge in [-0.05, 0) is 17.7 Å². The Labute approximate surface area is 131 Å². The first-order valence-corrected chi connectivity index (χ1v) is 7.31. The zero-order valence-electron chi connectivity index (χ0n) is 11.6. The Morgan fingerprint density at radius 2 is 1.91 bits per heavy atom. The number of nitrogens with zero attached hydrogens (tertiary/aromatic N) is 2. The molecular formula is C17H12ClN3O. The van der Waals surface area contributed by atoms with Gasteiger partial charge in [0, 0.05) is 15.9 Å². The highest BCUT2D eigenvalue weighted by Gasteiger charge is 2.11. The predicted octanol–water partition coefficient (Wildman–Crippen LogP) is 3.58. The summed E-state index contributed by atoms with van der Waals surface area (Å²) < 4.78 is 1.49. The summed E-state index contributed by atoms with van der Waals surface area (Å²) in [4.78, 5) is 15.9. The number of fused-ring (bicyclic) bond motifs is 3. The molecule has 0 aliphatic rings. The van der Waals surface area contributed by atoms with Crippen molar-refractivity contribution in [1.29, 1.82) is 0 Å². The number of nitrogens with one attached hydrogen (secondary N) is 1. The van der Waals surface area contributed by atoms with Crippen LogP contribution in [0.15, 0.2) is 59.5 Å². The van der Waals surface area contributed by atoms with Gasteiger partial charge < -0.3 is 4.98 Å². The number of H-pyrrole nitrogens is 1. The van der Waals surface area contributed by atoms with Crippen LogP contribution in [0, 0.1) is 0 Å². The van der Waals surface area contributed by atoms with Crippen LogP contribution >= 0.6 is 11.6 Å². The number of benzene rings is 2. The number of hydrogen-bond acceptors (Lipinski definition) is 2. The minimum atomic E-state index is -0.102. The fourth-order valence-electron chi connectivity index (χ4n) is 2.70. The van der Waals surface area contributed by atoms with Crippen molar-refractivity contribution in [3.05, 3.63) is 75.7 Å². The Kier molecular flexibility index (Phi) is 2.98. The maximum Gasteiger partial charge on any atom is 0.277 e. The van der Waals surface area contributed by atoms with Crippen molar-refractivity contribution in [2.24, 2.45) is 0 Å². The average Bonchev–Trinajstić information content (AvgIpc) is 2.89. The van der Waals surface area contributed by atoms with Gasteiger partial charge in [0.05, 0.1) is 23.6 Å². The van der Waals surface area contributed by atoms with Gasteiger partial charge in [-0.2, -0.15) is 5.10 Å². The molecule has 4 aromatic rings. The standard InChI is InChI=1S/C17H12ClN3O/c18-12-6-7-13-14(8-12)20-15-9-19-21(17(22)16(13)15)10-11-4-2-1-3-5-11/h1-9,20H,10H2. The number of halogens is 1. The molecule has 1 N–H and O–H groups in total. The topological polar surface area (TPSA) is 50.7 Å². The summed E-state index contributed by atoms with van der Waals surface area (Å²) in [6.45, 7) is 0.454. The molecule has 0 unspecified atom stereocenters. The van der Waals surface area contributed by atoms with E-state index in [9.17, 15) is 4.79 Å². The molecule has 2 aromatic carbocycles. The lowest BCUT2D eigenvalue weighted by molar-refractivity contribution is 0.647. The molecule has 5 heteroatoms. The first-order chi connectivity index (χ1) is 10.7. The van der Waals surface area contributed by atoms with Crippen LogP contribution in [0.5, 0.6) is 0 Å². The van der Waals surface area contributed by atoms with E-state index in [0.717, 1.165) is 22.0 Å². The molecule has 0 aliphatic carbocycles. The van der Waals surface area contributed by atoms with Crippen molar-refractivity contribution < 1.29 is 0 Å². The monoisotopic (exact) mass is 309 g/mol. The third-order valence-corrected chi connectivity index (χ3v) is 3.97. The number of rotatable bonds is 2. The second-order valence-electron chi connectivity index (χ2n) is 5.20. The lowest BCUT2D eigenvalue weighted by Crippen LogP contribution is -2.23. The van der Waals surface area contributed by atoms with Crippen LogP contribution in [0.1, 0.15) is 5.56 Å². The average molecular weight is 310 g/mol. The van der Waals surface area contributed by atoms with E-state index >= 15 is 0 Å². The van der Waals surface area contributed by atoms with Gasteiger partial charge in [0.25, 0.3) is 5.56 Å². The van der Waals surface area contributed by atoms with E-state index in [1.165, 1.54) is 4.68 Å². The summed E-state index contributed by atoms with van der Waals surface area (Å²) in [5.74, 6) is 0. The minimum Gasteiger partial charge on any atom is -0.353 e. The van der Waals surface area contributed by atoms with Gasteiger partial charge in [-0.1, -0.05) is 48.0 Å². The van der Waals surface area contributed by atoms with Crippen LogP contribution in [-0.4, -0.2) is 14.8 Å². The SMILES string of the molecule is O=c1c2c(cnn1Cc1ccccc1)[nH]c1cc(Cl)ccc12. The van der Waals surface area contributed by atoms with E-state index in [4.69, 9.17) is 11.6 Å². The quantitative estimate of drug-likeness (QED) is 0.615. The Bertz CT molecular complexity index is 1030. The molecule has 4 rings (SSSR count). The van der Waals surface area contributed by atoms with E-state index in [1.807, 2.05) is 42.5 Å². The summed E-state index contributed by atoms with van der Waals surface area (Å²) in [5, 5.41) is 6.41. The molecule has 0 fully saturated rings. The largest absolute Gasteiger partial charge is 0.353 e. The lowest BCUT2D eigenvalue weighted by Gasteiger charge is -2.04. The van der Waals surface area contributed by atoms with E-state index in [-0.39, 0.29) is 5.56 Å². The van der Waals surface area contributed by atoms with E-state index < -0.39 is 0 Å². The highest BCUT2D eigenvalue weighted by atomic mass is 35.5. The molecule has 2 aromatic heterocycles. The van der Waals surface area contributed by atoms with Gasteiger partial charge in [0.15, 0.2) is 0 Å². The molecule has 108 valence electrons. The summed E-state index contributed by atoms with van der Waals surface area (Å²) in [7, 11) is 0. The van der Waals surface area contributed by atoms with E-state index in [2.05, 4.69) is 10.1 Å². The molecule has 0 amide bonds. The third-order valence-electron chi connectivity index (χ3n) is 3.74. The van der Waals surface area contributed by atoms with Crippen molar-refractivity contribution >= 4 is 33.4 Å². The Morgan fingerprint density at radius 1 is 1.09 bits per heavy atom. The molecule has 4 nitrogen and oxygen atoms in total. The number of hydrogen-bond donors (Lipinski definition) is 1. The molecule has 0 radical (unpaired) electrons. The van der Waals surface area contributed by atoms with Crippen molar-refractivity contribution in [3.63, 3.8) is 0 Å². The smallest absolute Gasteiger partial charge is 0.277 e. The van der Waals surface area contributed by atoms with Crippen LogP contribution in [0.2, 0.25) is 5.02 Å². The summed E-state index contributed by atoms with van der Waals surface area (Å²) in [5.41, 5.74) is 2.51. The number of aromatic nitrogens is 3. The second-order valence-corrected chi connectivity index (χ2v) is 5.63. The van der Waals surface area contributed by atoms with Crippen LogP contribution in [0.3, 0.4) is 0 Å². The second kappa shape index (κ2) is 5.00. The highest BCUT2D eigenvalue weighted by Crippen LogP contribution is 2.24. The Morgan fingerprint density at radius 3 is 2.73 bits per heavy atom. The summed E-state index contributed by atoms with van der Waals surface area (Å²) in [6, 6.07) is 15.3. The van der Waals surface area contributed by atoms with Crippen molar-refractivity contribution in [2.75, 3.05) is 0 Å². The first kappa shape index (κ1) is 13.1. The zero-order chi connectivity index (χ0) is 15.1. The molecule has 0 spiro atoms. The molecule has 2 heterocycles. The molecule has 0 saturated carbocycles. The maximum atomic E-state index is 12.7. The van der Waals surface area contributed by atoms with Gasteiger partial charge in [0.2, 0.25) is 0 Å². The third kappa shape index (κ3) is 2.09. The molecule has 0 saturated heterocycles. The van der Waals surface area contributed by atoms with E-state index in [1.54, 1.807) is 12.3 Å². The molecular weight excluding hydrogens is 298 g/mol. The summed E-state index contributed by atoms with van der Waals surface area (Å²) >= 11 is 6.01. The van der Waals surface area contributed by atoms with Crippen molar-refractivity contribution in [1.82, 2.24) is 14.8 Å². The van der Waals surface area contributed by atoms with E-state index in [0.29, 0.717) is 17.0 Å². The maximum absolute atomic E-state index is 12.7. The predicted molar refractivity (Wildman–Crippen MR) is 88.4 cm³/mol. The summed E-state index contributed by atoms with van der Waals surface area (Å²) in [6.07, 6.45) is 1.69. The fourth-order valence-corrected chi connectivity index (χ4v) is 2.87. The normalized spacial score (nSPS) is 11.3. The molecule has 0 aliphatic heterocycles. The van der Waals surface area contributed by atoms with Crippen LogP contribution in [0.4, 0.5) is 0 Å². The van der Waals surface area contributed by atoms with Gasteiger partial charge in [0.1, 0.15) is 0 Å². The first-order valence-electron chi connectivity index (χ1n) is 6.93. The van der Waals surface area contributed by atoms with Gasteiger partial charge >= 0.3 is 0 Å². The highest BCUT2D eigenvalue weighted by molar-refractivity contribution is 6.31. The van der Waals surface area contributed by atoms with Gasteiger partial charge in [-0.15, -0.1) is 0 Å². The van der Waals surface area contributed by atoms with Crippen molar-refractivity contribution in [2.45, 2.75) is 6.54 Å². The lowest BCUT2D eigenvalue weighted by atomic mass is 10.2. The van der Waals surface area contributed by atoms with Crippen LogP contribution in [0.25, 0.3) is 21.8 Å². The zero-order valence-corrected chi connectivity index (χ0v) is 12.3. The van der Waals surface area contributed by atoms with Crippen LogP contribution in [-0.2, 0) is 6.54 Å². The fraction of sp³-hybridized carbons (Fsp3) is 0.0588. The Hall–Kier alpha value is -2.59.